The molecule has 88 valence electrons. The Balaban J connectivity index is 2.87. The van der Waals surface area contributed by atoms with Crippen LogP contribution in [0.25, 0.3) is 0 Å². The van der Waals surface area contributed by atoms with Gasteiger partial charge in [0.1, 0.15) is 0 Å². The molecule has 0 aromatic heterocycles. The molecule has 0 unspecified atom stereocenters. The number of halogens is 1. The lowest BCUT2D eigenvalue weighted by atomic mass is 10.4. The molecule has 0 spiro atoms. The van der Waals surface area contributed by atoms with Gasteiger partial charge in [-0.25, -0.2) is 13.1 Å². The number of rotatable bonds is 4. The van der Waals surface area contributed by atoms with Crippen LogP contribution in [0.4, 0.5) is 0 Å². The smallest absolute Gasteiger partial charge is 0.241 e. The van der Waals surface area contributed by atoms with Gasteiger partial charge in [0, 0.05) is 4.47 Å². The summed E-state index contributed by atoms with van der Waals surface area (Å²) in [6.45, 7) is -0.245. The molecule has 0 saturated carbocycles. The molecule has 0 aliphatic rings. The van der Waals surface area contributed by atoms with E-state index < -0.39 is 10.0 Å². The molecule has 1 rings (SSSR count). The Bertz CT molecular complexity index is 501. The van der Waals surface area contributed by atoms with E-state index in [2.05, 4.69) is 25.8 Å². The van der Waals surface area contributed by atoms with Crippen molar-refractivity contribution in [1.29, 1.82) is 0 Å². The van der Waals surface area contributed by atoms with Gasteiger partial charge < -0.3 is 10.9 Å². The van der Waals surface area contributed by atoms with Crippen LogP contribution < -0.4 is 10.5 Å². The Labute approximate surface area is 101 Å². The summed E-state index contributed by atoms with van der Waals surface area (Å²) >= 11 is 3.17. The quantitative estimate of drug-likeness (QED) is 0.325. The summed E-state index contributed by atoms with van der Waals surface area (Å²) in [6.07, 6.45) is 0. The Morgan fingerprint density at radius 1 is 1.56 bits per heavy atom. The van der Waals surface area contributed by atoms with E-state index in [1.165, 1.54) is 12.1 Å². The third-order valence-corrected chi connectivity index (χ3v) is 3.57. The van der Waals surface area contributed by atoms with Crippen molar-refractivity contribution in [1.82, 2.24) is 4.72 Å². The molecule has 0 amide bonds. The summed E-state index contributed by atoms with van der Waals surface area (Å²) in [4.78, 5) is 0.104. The molecule has 0 bridgehead atoms. The fraction of sp³-hybridized carbons (Fsp3) is 0.125. The van der Waals surface area contributed by atoms with E-state index in [0.29, 0.717) is 4.47 Å². The molecule has 6 nitrogen and oxygen atoms in total. The summed E-state index contributed by atoms with van der Waals surface area (Å²) in [5, 5.41) is 10.9. The molecule has 0 aliphatic heterocycles. The second kappa shape index (κ2) is 5.28. The topological polar surface area (TPSA) is 105 Å². The van der Waals surface area contributed by atoms with E-state index in [1.807, 2.05) is 0 Å². The average molecular weight is 308 g/mol. The Morgan fingerprint density at radius 3 is 2.81 bits per heavy atom. The van der Waals surface area contributed by atoms with E-state index in [0.717, 1.165) is 0 Å². The van der Waals surface area contributed by atoms with Crippen LogP contribution in [0, 0.1) is 0 Å². The van der Waals surface area contributed by atoms with E-state index in [9.17, 15) is 8.42 Å². The van der Waals surface area contributed by atoms with Crippen LogP contribution in [-0.4, -0.2) is 26.0 Å². The molecule has 16 heavy (non-hydrogen) atoms. The maximum absolute atomic E-state index is 11.7. The first kappa shape index (κ1) is 12.9. The summed E-state index contributed by atoms with van der Waals surface area (Å²) in [5.41, 5.74) is 5.15. The fourth-order valence-electron chi connectivity index (χ4n) is 0.922. The standard InChI is InChI=1S/C8H10BrN3O3S/c9-6-2-1-3-7(4-6)16(14,15)11-5-8(10)12-13/h1-4,11,13H,5H2,(H2,10,12). The molecular weight excluding hydrogens is 298 g/mol. The number of sulfonamides is 1. The van der Waals surface area contributed by atoms with Crippen molar-refractivity contribution in [3.8, 4) is 0 Å². The van der Waals surface area contributed by atoms with Crippen molar-refractivity contribution in [3.63, 3.8) is 0 Å². The Morgan fingerprint density at radius 2 is 2.25 bits per heavy atom. The largest absolute Gasteiger partial charge is 0.409 e. The molecule has 0 atom stereocenters. The van der Waals surface area contributed by atoms with Crippen molar-refractivity contribution in [2.24, 2.45) is 10.9 Å². The van der Waals surface area contributed by atoms with Crippen molar-refractivity contribution < 1.29 is 13.6 Å². The minimum Gasteiger partial charge on any atom is -0.409 e. The Hall–Kier alpha value is -1.12. The molecule has 0 saturated heterocycles. The minimum absolute atomic E-state index is 0.104. The molecular formula is C8H10BrN3O3S. The molecule has 1 aromatic carbocycles. The van der Waals surface area contributed by atoms with Crippen LogP contribution in [0.3, 0.4) is 0 Å². The van der Waals surface area contributed by atoms with E-state index in [4.69, 9.17) is 10.9 Å². The molecule has 4 N–H and O–H groups in total. The summed E-state index contributed by atoms with van der Waals surface area (Å²) in [7, 11) is -3.64. The normalized spacial score (nSPS) is 12.7. The van der Waals surface area contributed by atoms with Gasteiger partial charge in [0.2, 0.25) is 10.0 Å². The third-order valence-electron chi connectivity index (χ3n) is 1.68. The lowest BCUT2D eigenvalue weighted by Gasteiger charge is -2.05. The van der Waals surface area contributed by atoms with Crippen molar-refractivity contribution in [2.45, 2.75) is 4.90 Å². The third kappa shape index (κ3) is 3.47. The number of nitrogens with zero attached hydrogens (tertiary/aromatic N) is 1. The zero-order chi connectivity index (χ0) is 12.2. The summed E-state index contributed by atoms with van der Waals surface area (Å²) in [6, 6.07) is 6.21. The molecule has 8 heteroatoms. The highest BCUT2D eigenvalue weighted by molar-refractivity contribution is 9.10. The predicted octanol–water partition coefficient (Wildman–Crippen LogP) is 0.474. The van der Waals surface area contributed by atoms with Crippen LogP contribution >= 0.6 is 15.9 Å². The van der Waals surface area contributed by atoms with E-state index in [-0.39, 0.29) is 17.3 Å². The number of nitrogens with one attached hydrogen (secondary N) is 1. The molecule has 0 radical (unpaired) electrons. The number of hydrogen-bond donors (Lipinski definition) is 3. The summed E-state index contributed by atoms with van der Waals surface area (Å²) < 4.78 is 26.2. The number of nitrogens with two attached hydrogens (primary N) is 1. The Kier molecular flexibility index (Phi) is 4.27. The van der Waals surface area contributed by atoms with Crippen molar-refractivity contribution >= 4 is 31.8 Å². The number of benzene rings is 1. The van der Waals surface area contributed by atoms with Crippen LogP contribution in [-0.2, 0) is 10.0 Å². The van der Waals surface area contributed by atoms with Gasteiger partial charge in [-0.2, -0.15) is 0 Å². The monoisotopic (exact) mass is 307 g/mol. The van der Waals surface area contributed by atoms with Crippen LogP contribution in [0.1, 0.15) is 0 Å². The molecule has 0 fully saturated rings. The first-order valence-electron chi connectivity index (χ1n) is 4.17. The first-order chi connectivity index (χ1) is 7.45. The van der Waals surface area contributed by atoms with Gasteiger partial charge in [0.15, 0.2) is 5.84 Å². The van der Waals surface area contributed by atoms with Gasteiger partial charge in [-0.15, -0.1) is 0 Å². The van der Waals surface area contributed by atoms with Gasteiger partial charge >= 0.3 is 0 Å². The fourth-order valence-corrected chi connectivity index (χ4v) is 2.52. The van der Waals surface area contributed by atoms with E-state index in [1.54, 1.807) is 12.1 Å². The van der Waals surface area contributed by atoms with Gasteiger partial charge in [-0.3, -0.25) is 0 Å². The van der Waals surface area contributed by atoms with E-state index >= 15 is 0 Å². The maximum Gasteiger partial charge on any atom is 0.241 e. The van der Waals surface area contributed by atoms with Gasteiger partial charge in [0.05, 0.1) is 11.4 Å². The number of hydrogen-bond acceptors (Lipinski definition) is 4. The molecule has 1 aromatic rings. The first-order valence-corrected chi connectivity index (χ1v) is 6.45. The number of oxime groups is 1. The van der Waals surface area contributed by atoms with Crippen LogP contribution in [0.2, 0.25) is 0 Å². The van der Waals surface area contributed by atoms with Crippen molar-refractivity contribution in [2.75, 3.05) is 6.54 Å². The highest BCUT2D eigenvalue weighted by atomic mass is 79.9. The van der Waals surface area contributed by atoms with Gasteiger partial charge in [0.25, 0.3) is 0 Å². The van der Waals surface area contributed by atoms with Gasteiger partial charge in [-0.05, 0) is 18.2 Å². The zero-order valence-corrected chi connectivity index (χ0v) is 10.5. The van der Waals surface area contributed by atoms with Gasteiger partial charge in [-0.1, -0.05) is 27.2 Å². The average Bonchev–Trinajstić information content (AvgIpc) is 2.26. The lowest BCUT2D eigenvalue weighted by Crippen LogP contribution is -2.33. The lowest BCUT2D eigenvalue weighted by molar-refractivity contribution is 0.317. The predicted molar refractivity (Wildman–Crippen MR) is 62.7 cm³/mol. The molecule has 0 heterocycles. The zero-order valence-electron chi connectivity index (χ0n) is 8.09. The second-order valence-electron chi connectivity index (χ2n) is 2.87. The van der Waals surface area contributed by atoms with Crippen LogP contribution in [0.15, 0.2) is 38.8 Å². The highest BCUT2D eigenvalue weighted by Gasteiger charge is 2.14. The SMILES string of the molecule is N/C(CNS(=O)(=O)c1cccc(Br)c1)=N\O. The number of amidine groups is 1. The van der Waals surface area contributed by atoms with Crippen molar-refractivity contribution in [3.05, 3.63) is 28.7 Å². The second-order valence-corrected chi connectivity index (χ2v) is 5.56. The maximum atomic E-state index is 11.7. The van der Waals surface area contributed by atoms with Crippen LogP contribution in [0.5, 0.6) is 0 Å². The minimum atomic E-state index is -3.64. The molecule has 0 aliphatic carbocycles. The summed E-state index contributed by atoms with van der Waals surface area (Å²) in [5.74, 6) is -0.210. The highest BCUT2D eigenvalue weighted by Crippen LogP contribution is 2.15.